The van der Waals surface area contributed by atoms with Gasteiger partial charge in [-0.1, -0.05) is 18.5 Å². The number of hydrogen-bond donors (Lipinski definition) is 1. The molecule has 1 rings (SSSR count). The first-order valence-corrected chi connectivity index (χ1v) is 6.39. The van der Waals surface area contributed by atoms with Crippen molar-refractivity contribution in [1.29, 1.82) is 5.26 Å². The normalized spacial score (nSPS) is 10.7. The second-order valence-electron chi connectivity index (χ2n) is 4.83. The molecule has 0 saturated carbocycles. The molecule has 0 aliphatic heterocycles. The molecule has 1 aromatic carbocycles. The molecule has 1 N–H and O–H groups in total. The van der Waals surface area contributed by atoms with Gasteiger partial charge in [-0.05, 0) is 38.5 Å². The molecular formula is C14H17ClN2O2. The van der Waals surface area contributed by atoms with Crippen LogP contribution in [0.5, 0.6) is 5.75 Å². The van der Waals surface area contributed by atoms with Gasteiger partial charge in [0.05, 0.1) is 16.7 Å². The van der Waals surface area contributed by atoms with E-state index in [0.717, 1.165) is 6.42 Å². The summed E-state index contributed by atoms with van der Waals surface area (Å²) in [6.07, 6.45) is 0.830. The van der Waals surface area contributed by atoms with E-state index in [1.807, 2.05) is 26.8 Å². The largest absolute Gasteiger partial charge is 0.482 e. The highest BCUT2D eigenvalue weighted by atomic mass is 35.5. The lowest BCUT2D eigenvalue weighted by atomic mass is 10.0. The van der Waals surface area contributed by atoms with Crippen molar-refractivity contribution in [3.05, 3.63) is 28.8 Å². The monoisotopic (exact) mass is 280 g/mol. The fraction of sp³-hybridized carbons (Fsp3) is 0.429. The van der Waals surface area contributed by atoms with Gasteiger partial charge in [-0.2, -0.15) is 5.26 Å². The molecule has 0 aliphatic carbocycles. The van der Waals surface area contributed by atoms with Gasteiger partial charge >= 0.3 is 0 Å². The van der Waals surface area contributed by atoms with E-state index in [-0.39, 0.29) is 18.1 Å². The van der Waals surface area contributed by atoms with Crippen LogP contribution in [0.4, 0.5) is 0 Å². The molecule has 1 aromatic rings. The van der Waals surface area contributed by atoms with Gasteiger partial charge in [0, 0.05) is 5.54 Å². The Kier molecular flexibility index (Phi) is 5.20. The van der Waals surface area contributed by atoms with Crippen molar-refractivity contribution in [2.45, 2.75) is 32.7 Å². The molecular weight excluding hydrogens is 264 g/mol. The number of rotatable bonds is 5. The Labute approximate surface area is 118 Å². The second kappa shape index (κ2) is 6.44. The summed E-state index contributed by atoms with van der Waals surface area (Å²) in [5.74, 6) is 0.192. The number of ether oxygens (including phenoxy) is 1. The minimum Gasteiger partial charge on any atom is -0.482 e. The van der Waals surface area contributed by atoms with Crippen molar-refractivity contribution < 1.29 is 9.53 Å². The molecule has 0 atom stereocenters. The van der Waals surface area contributed by atoms with Crippen LogP contribution < -0.4 is 10.1 Å². The van der Waals surface area contributed by atoms with Gasteiger partial charge in [-0.25, -0.2) is 0 Å². The lowest BCUT2D eigenvalue weighted by Gasteiger charge is -2.24. The molecule has 0 unspecified atom stereocenters. The van der Waals surface area contributed by atoms with E-state index in [9.17, 15) is 4.79 Å². The Balaban J connectivity index is 2.58. The van der Waals surface area contributed by atoms with Gasteiger partial charge in [-0.15, -0.1) is 0 Å². The zero-order chi connectivity index (χ0) is 14.5. The summed E-state index contributed by atoms with van der Waals surface area (Å²) in [7, 11) is 0. The maximum absolute atomic E-state index is 11.7. The lowest BCUT2D eigenvalue weighted by Crippen LogP contribution is -2.44. The number of hydrogen-bond acceptors (Lipinski definition) is 3. The van der Waals surface area contributed by atoms with E-state index >= 15 is 0 Å². The zero-order valence-electron chi connectivity index (χ0n) is 11.3. The average molecular weight is 281 g/mol. The van der Waals surface area contributed by atoms with E-state index < -0.39 is 0 Å². The van der Waals surface area contributed by atoms with Crippen molar-refractivity contribution in [1.82, 2.24) is 5.32 Å². The highest BCUT2D eigenvalue weighted by Gasteiger charge is 2.18. The fourth-order valence-corrected chi connectivity index (χ4v) is 1.57. The number of amides is 1. The van der Waals surface area contributed by atoms with E-state index in [1.54, 1.807) is 12.1 Å². The molecule has 0 saturated heterocycles. The van der Waals surface area contributed by atoms with Crippen molar-refractivity contribution in [2.24, 2.45) is 0 Å². The SMILES string of the molecule is CCC(C)(C)NC(=O)COc1ccc(C#N)cc1Cl. The number of nitrogens with one attached hydrogen (secondary N) is 1. The van der Waals surface area contributed by atoms with Crippen molar-refractivity contribution in [3.8, 4) is 11.8 Å². The fourth-order valence-electron chi connectivity index (χ4n) is 1.33. The number of halogens is 1. The topological polar surface area (TPSA) is 62.1 Å². The molecule has 0 aromatic heterocycles. The smallest absolute Gasteiger partial charge is 0.258 e. The average Bonchev–Trinajstić information content (AvgIpc) is 2.36. The predicted molar refractivity (Wildman–Crippen MR) is 74.2 cm³/mol. The van der Waals surface area contributed by atoms with Gasteiger partial charge in [-0.3, -0.25) is 4.79 Å². The van der Waals surface area contributed by atoms with Crippen molar-refractivity contribution >= 4 is 17.5 Å². The number of carbonyl (C=O) groups is 1. The molecule has 19 heavy (non-hydrogen) atoms. The highest BCUT2D eigenvalue weighted by molar-refractivity contribution is 6.32. The molecule has 0 spiro atoms. The van der Waals surface area contributed by atoms with Crippen LogP contribution in [-0.4, -0.2) is 18.1 Å². The van der Waals surface area contributed by atoms with Crippen LogP contribution >= 0.6 is 11.6 Å². The molecule has 0 radical (unpaired) electrons. The maximum atomic E-state index is 11.7. The third kappa shape index (κ3) is 4.80. The Morgan fingerprint density at radius 2 is 2.21 bits per heavy atom. The highest BCUT2D eigenvalue weighted by Crippen LogP contribution is 2.25. The molecule has 0 bridgehead atoms. The lowest BCUT2D eigenvalue weighted by molar-refractivity contribution is -0.124. The first-order valence-electron chi connectivity index (χ1n) is 6.01. The van der Waals surface area contributed by atoms with Crippen LogP contribution in [0.1, 0.15) is 32.8 Å². The molecule has 4 nitrogen and oxygen atoms in total. The van der Waals surface area contributed by atoms with Crippen LogP contribution in [0.25, 0.3) is 0 Å². The Bertz CT molecular complexity index is 507. The van der Waals surface area contributed by atoms with Gasteiger partial charge < -0.3 is 10.1 Å². The summed E-state index contributed by atoms with van der Waals surface area (Å²) in [6.45, 7) is 5.78. The quantitative estimate of drug-likeness (QED) is 0.902. The molecule has 0 heterocycles. The van der Waals surface area contributed by atoms with Crippen LogP contribution in [-0.2, 0) is 4.79 Å². The first kappa shape index (κ1) is 15.3. The minimum atomic E-state index is -0.255. The Hall–Kier alpha value is -1.73. The van der Waals surface area contributed by atoms with Gasteiger partial charge in [0.15, 0.2) is 6.61 Å². The van der Waals surface area contributed by atoms with Crippen molar-refractivity contribution in [2.75, 3.05) is 6.61 Å². The standard InChI is InChI=1S/C14H17ClN2O2/c1-4-14(2,3)17-13(18)9-19-12-6-5-10(8-16)7-11(12)15/h5-7H,4,9H2,1-3H3,(H,17,18). The number of benzene rings is 1. The van der Waals surface area contributed by atoms with E-state index in [0.29, 0.717) is 16.3 Å². The Morgan fingerprint density at radius 1 is 1.53 bits per heavy atom. The Morgan fingerprint density at radius 3 is 2.74 bits per heavy atom. The van der Waals surface area contributed by atoms with Crippen molar-refractivity contribution in [3.63, 3.8) is 0 Å². The summed E-state index contributed by atoms with van der Waals surface area (Å²) >= 11 is 5.94. The molecule has 102 valence electrons. The molecule has 0 fully saturated rings. The first-order chi connectivity index (χ1) is 8.88. The van der Waals surface area contributed by atoms with Gasteiger partial charge in [0.25, 0.3) is 5.91 Å². The summed E-state index contributed by atoms with van der Waals surface area (Å²) in [6, 6.07) is 6.66. The summed E-state index contributed by atoms with van der Waals surface area (Å²) < 4.78 is 5.34. The number of nitriles is 1. The second-order valence-corrected chi connectivity index (χ2v) is 5.24. The number of nitrogens with zero attached hydrogens (tertiary/aromatic N) is 1. The minimum absolute atomic E-state index is 0.102. The van der Waals surface area contributed by atoms with Crippen LogP contribution in [0.15, 0.2) is 18.2 Å². The van der Waals surface area contributed by atoms with Gasteiger partial charge in [0.2, 0.25) is 0 Å². The van der Waals surface area contributed by atoms with Crippen LogP contribution in [0, 0.1) is 11.3 Å². The third-order valence-corrected chi connectivity index (χ3v) is 3.08. The molecule has 1 amide bonds. The van der Waals surface area contributed by atoms with E-state index in [1.165, 1.54) is 6.07 Å². The number of carbonyl (C=O) groups excluding carboxylic acids is 1. The third-order valence-electron chi connectivity index (χ3n) is 2.78. The van der Waals surface area contributed by atoms with Crippen LogP contribution in [0.3, 0.4) is 0 Å². The molecule has 0 aliphatic rings. The zero-order valence-corrected chi connectivity index (χ0v) is 12.0. The van der Waals surface area contributed by atoms with Gasteiger partial charge in [0.1, 0.15) is 5.75 Å². The summed E-state index contributed by atoms with van der Waals surface area (Å²) in [5, 5.41) is 11.9. The maximum Gasteiger partial charge on any atom is 0.258 e. The summed E-state index contributed by atoms with van der Waals surface area (Å²) in [5.41, 5.74) is 0.198. The van der Waals surface area contributed by atoms with Crippen LogP contribution in [0.2, 0.25) is 5.02 Å². The summed E-state index contributed by atoms with van der Waals surface area (Å²) in [4.78, 5) is 11.7. The van der Waals surface area contributed by atoms with E-state index in [2.05, 4.69) is 5.32 Å². The predicted octanol–water partition coefficient (Wildman–Crippen LogP) is 2.90. The molecule has 5 heteroatoms. The van der Waals surface area contributed by atoms with E-state index in [4.69, 9.17) is 21.6 Å².